The van der Waals surface area contributed by atoms with E-state index in [2.05, 4.69) is 116 Å². The lowest BCUT2D eigenvalue weighted by Gasteiger charge is -2.23. The van der Waals surface area contributed by atoms with Crippen LogP contribution in [0.15, 0.2) is 81.9 Å². The van der Waals surface area contributed by atoms with Gasteiger partial charge in [0, 0.05) is 38.5 Å². The first-order chi connectivity index (χ1) is 15.6. The molecule has 4 aromatic rings. The van der Waals surface area contributed by atoms with Crippen molar-refractivity contribution in [2.75, 3.05) is 0 Å². The normalized spacial score (nSPS) is 15.2. The number of hydrogen-bond acceptors (Lipinski definition) is 0. The van der Waals surface area contributed by atoms with Crippen molar-refractivity contribution < 1.29 is 21.8 Å². The van der Waals surface area contributed by atoms with Gasteiger partial charge < -0.3 is 17.3 Å². The van der Waals surface area contributed by atoms with E-state index in [0.29, 0.717) is 5.92 Å². The molecular weight excluding hydrogens is 561 g/mol. The van der Waals surface area contributed by atoms with E-state index in [1.807, 2.05) is 0 Å². The van der Waals surface area contributed by atoms with Gasteiger partial charge in [0.05, 0.1) is 5.39 Å². The van der Waals surface area contributed by atoms with Gasteiger partial charge >= 0.3 is 7.25 Å². The van der Waals surface area contributed by atoms with Crippen LogP contribution in [0.5, 0.6) is 0 Å². The summed E-state index contributed by atoms with van der Waals surface area (Å²) < 4.78 is 43.7. The van der Waals surface area contributed by atoms with E-state index < -0.39 is 7.25 Å². The minimum Gasteiger partial charge on any atom is -0.418 e. The van der Waals surface area contributed by atoms with Crippen molar-refractivity contribution in [2.45, 2.75) is 25.8 Å². The zero-order valence-electron chi connectivity index (χ0n) is 17.7. The first kappa shape index (κ1) is 24.0. The second kappa shape index (κ2) is 9.59. The molecule has 3 aromatic carbocycles. The summed E-state index contributed by atoms with van der Waals surface area (Å²) in [6, 6.07) is 24.5. The van der Waals surface area contributed by atoms with E-state index in [1.54, 1.807) is 0 Å². The van der Waals surface area contributed by atoms with Gasteiger partial charge in [-0.2, -0.15) is 4.57 Å². The lowest BCUT2D eigenvalue weighted by molar-refractivity contribution is -0.674. The SMILES string of the molecule is Cc1cc2c3c(c1)c(-c1ccc(Br)cc1)cc[n+]3CCC2c1ccc(Br)cc1.F[B-](F)(F)F. The van der Waals surface area contributed by atoms with E-state index in [0.717, 1.165) is 21.9 Å². The maximum absolute atomic E-state index is 9.75. The van der Waals surface area contributed by atoms with Crippen LogP contribution in [0.3, 0.4) is 0 Å². The lowest BCUT2D eigenvalue weighted by Crippen LogP contribution is -2.39. The van der Waals surface area contributed by atoms with Gasteiger partial charge in [-0.05, 0) is 60.0 Å². The molecule has 1 aromatic heterocycles. The van der Waals surface area contributed by atoms with Crippen molar-refractivity contribution >= 4 is 50.0 Å². The molecule has 8 heteroatoms. The van der Waals surface area contributed by atoms with Crippen molar-refractivity contribution in [3.05, 3.63) is 98.6 Å². The first-order valence-electron chi connectivity index (χ1n) is 10.5. The Morgan fingerprint density at radius 2 is 1.42 bits per heavy atom. The van der Waals surface area contributed by atoms with Crippen molar-refractivity contribution in [2.24, 2.45) is 0 Å². The van der Waals surface area contributed by atoms with Gasteiger partial charge in [-0.15, -0.1) is 0 Å². The quantitative estimate of drug-likeness (QED) is 0.127. The van der Waals surface area contributed by atoms with Crippen LogP contribution in [0.1, 0.15) is 29.0 Å². The molecule has 0 N–H and O–H groups in total. The van der Waals surface area contributed by atoms with Gasteiger partial charge in [0.2, 0.25) is 5.52 Å². The van der Waals surface area contributed by atoms with Crippen LogP contribution < -0.4 is 4.57 Å². The van der Waals surface area contributed by atoms with E-state index in [4.69, 9.17) is 0 Å². The molecule has 170 valence electrons. The smallest absolute Gasteiger partial charge is 0.418 e. The Morgan fingerprint density at radius 3 is 2.03 bits per heavy atom. The number of nitrogens with zero attached hydrogens (tertiary/aromatic N) is 1. The summed E-state index contributed by atoms with van der Waals surface area (Å²) in [5, 5.41) is 1.35. The maximum atomic E-state index is 9.75. The molecule has 0 bridgehead atoms. The number of rotatable bonds is 2. The number of hydrogen-bond donors (Lipinski definition) is 0. The first-order valence-corrected chi connectivity index (χ1v) is 12.0. The van der Waals surface area contributed by atoms with Crippen LogP contribution in [-0.2, 0) is 6.54 Å². The Balaban J connectivity index is 0.000000471. The molecule has 2 heterocycles. The number of aromatic nitrogens is 1. The minimum absolute atomic E-state index is 0.440. The topological polar surface area (TPSA) is 3.88 Å². The van der Waals surface area contributed by atoms with Crippen LogP contribution in [0, 0.1) is 6.92 Å². The predicted octanol–water partition coefficient (Wildman–Crippen LogP) is 8.46. The zero-order valence-corrected chi connectivity index (χ0v) is 20.9. The minimum atomic E-state index is -6.00. The fourth-order valence-corrected chi connectivity index (χ4v) is 4.99. The predicted molar refractivity (Wildman–Crippen MR) is 133 cm³/mol. The molecule has 33 heavy (non-hydrogen) atoms. The lowest BCUT2D eigenvalue weighted by atomic mass is 9.83. The molecule has 5 rings (SSSR count). The average Bonchev–Trinajstić information content (AvgIpc) is 2.74. The monoisotopic (exact) mass is 579 g/mol. The highest BCUT2D eigenvalue weighted by atomic mass is 79.9. The summed E-state index contributed by atoms with van der Waals surface area (Å²) in [4.78, 5) is 0. The van der Waals surface area contributed by atoms with Gasteiger partial charge in [0.1, 0.15) is 6.54 Å². The summed E-state index contributed by atoms with van der Waals surface area (Å²) in [6.07, 6.45) is 3.39. The third-order valence-corrected chi connectivity index (χ3v) is 6.80. The van der Waals surface area contributed by atoms with Gasteiger partial charge in [0.15, 0.2) is 6.20 Å². The van der Waals surface area contributed by atoms with Crippen LogP contribution in [0.25, 0.3) is 22.0 Å². The molecule has 1 nitrogen and oxygen atoms in total. The van der Waals surface area contributed by atoms with E-state index in [1.165, 1.54) is 38.7 Å². The molecule has 0 saturated heterocycles. The Bertz CT molecular complexity index is 1280. The molecule has 0 saturated carbocycles. The second-order valence-corrected chi connectivity index (χ2v) is 9.90. The Hall–Kier alpha value is -2.19. The van der Waals surface area contributed by atoms with Crippen LogP contribution >= 0.6 is 31.9 Å². The third kappa shape index (κ3) is 5.66. The maximum Gasteiger partial charge on any atom is 0.673 e. The summed E-state index contributed by atoms with van der Waals surface area (Å²) >= 11 is 7.12. The van der Waals surface area contributed by atoms with Crippen LogP contribution in [0.4, 0.5) is 17.3 Å². The number of pyridine rings is 1. The van der Waals surface area contributed by atoms with Gasteiger partial charge in [-0.1, -0.05) is 56.1 Å². The number of aryl methyl sites for hydroxylation is 2. The molecule has 1 aliphatic rings. The van der Waals surface area contributed by atoms with Gasteiger partial charge in [-0.25, -0.2) is 0 Å². The van der Waals surface area contributed by atoms with Gasteiger partial charge in [-0.3, -0.25) is 0 Å². The second-order valence-electron chi connectivity index (χ2n) is 8.07. The largest absolute Gasteiger partial charge is 0.673 e. The Kier molecular flexibility index (Phi) is 6.96. The fraction of sp³-hybridized carbons (Fsp3) is 0.160. The van der Waals surface area contributed by atoms with Crippen LogP contribution in [-0.4, -0.2) is 7.25 Å². The molecule has 1 aliphatic heterocycles. The highest BCUT2D eigenvalue weighted by molar-refractivity contribution is 9.10. The highest BCUT2D eigenvalue weighted by Crippen LogP contribution is 2.39. The number of halogens is 6. The van der Waals surface area contributed by atoms with Crippen molar-refractivity contribution in [3.8, 4) is 11.1 Å². The van der Waals surface area contributed by atoms with Crippen molar-refractivity contribution in [1.29, 1.82) is 0 Å². The third-order valence-electron chi connectivity index (χ3n) is 5.74. The summed E-state index contributed by atoms with van der Waals surface area (Å²) in [5.74, 6) is 0.440. The molecular formula is C25H20BBr2F4N. The molecule has 1 atom stereocenters. The van der Waals surface area contributed by atoms with Gasteiger partial charge in [0.25, 0.3) is 0 Å². The molecule has 0 amide bonds. The molecule has 0 aliphatic carbocycles. The molecule has 0 radical (unpaired) electrons. The Labute approximate surface area is 206 Å². The molecule has 1 unspecified atom stereocenters. The molecule has 0 spiro atoms. The zero-order chi connectivity index (χ0) is 23.8. The van der Waals surface area contributed by atoms with E-state index in [9.17, 15) is 17.3 Å². The summed E-state index contributed by atoms with van der Waals surface area (Å²) in [6.45, 7) is 3.26. The van der Waals surface area contributed by atoms with Crippen LogP contribution in [0.2, 0.25) is 0 Å². The molecule has 0 fully saturated rings. The highest BCUT2D eigenvalue weighted by Gasteiger charge is 2.30. The average molecular weight is 581 g/mol. The number of benzene rings is 3. The van der Waals surface area contributed by atoms with Crippen molar-refractivity contribution in [3.63, 3.8) is 0 Å². The van der Waals surface area contributed by atoms with E-state index >= 15 is 0 Å². The summed E-state index contributed by atoms with van der Waals surface area (Å²) in [5.41, 5.74) is 8.11. The van der Waals surface area contributed by atoms with E-state index in [-0.39, 0.29) is 0 Å². The fourth-order valence-electron chi connectivity index (χ4n) is 4.46. The Morgan fingerprint density at radius 1 is 0.848 bits per heavy atom. The van der Waals surface area contributed by atoms with Crippen molar-refractivity contribution in [1.82, 2.24) is 0 Å². The standard InChI is InChI=1S/C25H20Br2N.BF4/c1-16-14-23-21(17-2-6-19(26)7-3-17)10-12-28-13-11-22(24(15-16)25(23)28)18-4-8-20(27)9-5-18;2-1(3,4)5/h2-10,12,14-15,22H,11,13H2,1H3;/q+1;-1. The summed E-state index contributed by atoms with van der Waals surface area (Å²) in [7, 11) is -6.00.